The van der Waals surface area contributed by atoms with Crippen molar-refractivity contribution in [2.45, 2.75) is 18.9 Å². The molecule has 0 amide bonds. The molecule has 0 bridgehead atoms. The molecule has 1 fully saturated rings. The van der Waals surface area contributed by atoms with Gasteiger partial charge in [0.05, 0.1) is 17.3 Å². The van der Waals surface area contributed by atoms with Crippen LogP contribution >= 0.6 is 0 Å². The number of hydrogen-bond donors (Lipinski definition) is 0. The summed E-state index contributed by atoms with van der Waals surface area (Å²) >= 11 is 0. The van der Waals surface area contributed by atoms with E-state index in [0.717, 1.165) is 36.2 Å². The fraction of sp³-hybridized carbons (Fsp3) is 0.211. The van der Waals surface area contributed by atoms with Crippen molar-refractivity contribution in [1.29, 1.82) is 10.5 Å². The smallest absolute Gasteiger partial charge is 0.258 e. The SMILES string of the molecule is N#Cc1ccc(-c2cc(-c3nc(C4CCCN4C#N)no3)ccn2)cc1. The summed E-state index contributed by atoms with van der Waals surface area (Å²) in [4.78, 5) is 10.5. The predicted octanol–water partition coefficient (Wildman–Crippen LogP) is 3.29. The highest BCUT2D eigenvalue weighted by atomic mass is 16.5. The molecule has 1 unspecified atom stereocenters. The zero-order chi connectivity index (χ0) is 17.9. The molecular formula is C19H14N6O. The van der Waals surface area contributed by atoms with Gasteiger partial charge in [-0.2, -0.15) is 15.5 Å². The minimum Gasteiger partial charge on any atom is -0.334 e. The maximum Gasteiger partial charge on any atom is 0.258 e. The van der Waals surface area contributed by atoms with Crippen molar-refractivity contribution in [3.8, 4) is 35.0 Å². The molecule has 3 aromatic rings. The molecule has 7 nitrogen and oxygen atoms in total. The molecule has 1 aliphatic rings. The van der Waals surface area contributed by atoms with E-state index in [-0.39, 0.29) is 6.04 Å². The fourth-order valence-corrected chi connectivity index (χ4v) is 3.08. The lowest BCUT2D eigenvalue weighted by Gasteiger charge is -2.13. The van der Waals surface area contributed by atoms with Crippen molar-refractivity contribution >= 4 is 0 Å². The third-order valence-electron chi connectivity index (χ3n) is 4.44. The predicted molar refractivity (Wildman–Crippen MR) is 92.0 cm³/mol. The molecule has 2 aromatic heterocycles. The van der Waals surface area contributed by atoms with Crippen molar-refractivity contribution in [3.63, 3.8) is 0 Å². The first-order valence-electron chi connectivity index (χ1n) is 8.25. The summed E-state index contributed by atoms with van der Waals surface area (Å²) in [6.07, 6.45) is 5.66. The number of hydrogen-bond acceptors (Lipinski definition) is 7. The summed E-state index contributed by atoms with van der Waals surface area (Å²) in [6.45, 7) is 0.725. The number of pyridine rings is 1. The van der Waals surface area contributed by atoms with Gasteiger partial charge in [-0.25, -0.2) is 0 Å². The van der Waals surface area contributed by atoms with E-state index in [0.29, 0.717) is 17.3 Å². The highest BCUT2D eigenvalue weighted by Crippen LogP contribution is 2.31. The number of aromatic nitrogens is 3. The Morgan fingerprint density at radius 2 is 1.96 bits per heavy atom. The number of benzene rings is 1. The second kappa shape index (κ2) is 6.66. The molecule has 1 saturated heterocycles. The molecule has 0 radical (unpaired) electrons. The van der Waals surface area contributed by atoms with E-state index >= 15 is 0 Å². The van der Waals surface area contributed by atoms with Gasteiger partial charge in [0.2, 0.25) is 0 Å². The first kappa shape index (κ1) is 15.8. The zero-order valence-corrected chi connectivity index (χ0v) is 13.8. The minimum atomic E-state index is -0.114. The minimum absolute atomic E-state index is 0.114. The second-order valence-corrected chi connectivity index (χ2v) is 6.03. The van der Waals surface area contributed by atoms with Gasteiger partial charge in [0.15, 0.2) is 12.0 Å². The summed E-state index contributed by atoms with van der Waals surface area (Å²) < 4.78 is 5.42. The number of nitrogens with zero attached hydrogens (tertiary/aromatic N) is 6. The molecule has 0 saturated carbocycles. The van der Waals surface area contributed by atoms with E-state index < -0.39 is 0 Å². The van der Waals surface area contributed by atoms with Crippen LogP contribution in [0.1, 0.15) is 30.3 Å². The van der Waals surface area contributed by atoms with Crippen molar-refractivity contribution in [3.05, 3.63) is 54.0 Å². The van der Waals surface area contributed by atoms with Gasteiger partial charge in [-0.15, -0.1) is 0 Å². The Balaban J connectivity index is 1.63. The Kier molecular flexibility index (Phi) is 4.04. The third kappa shape index (κ3) is 2.87. The largest absolute Gasteiger partial charge is 0.334 e. The van der Waals surface area contributed by atoms with Crippen LogP contribution in [-0.2, 0) is 0 Å². The molecule has 1 atom stereocenters. The molecule has 7 heteroatoms. The first-order valence-corrected chi connectivity index (χ1v) is 8.25. The molecule has 0 spiro atoms. The summed E-state index contributed by atoms with van der Waals surface area (Å²) in [5.41, 5.74) is 3.02. The van der Waals surface area contributed by atoms with Crippen molar-refractivity contribution in [2.24, 2.45) is 0 Å². The van der Waals surface area contributed by atoms with E-state index in [1.54, 1.807) is 29.3 Å². The van der Waals surface area contributed by atoms with Crippen LogP contribution in [0.2, 0.25) is 0 Å². The van der Waals surface area contributed by atoms with Gasteiger partial charge in [0.1, 0.15) is 6.04 Å². The summed E-state index contributed by atoms with van der Waals surface area (Å²) in [5, 5.41) is 22.1. The van der Waals surface area contributed by atoms with Gasteiger partial charge in [-0.1, -0.05) is 17.3 Å². The van der Waals surface area contributed by atoms with Gasteiger partial charge >= 0.3 is 0 Å². The van der Waals surface area contributed by atoms with Gasteiger partial charge in [0, 0.05) is 23.9 Å². The van der Waals surface area contributed by atoms with E-state index in [1.165, 1.54) is 0 Å². The Hall–Kier alpha value is -3.71. The van der Waals surface area contributed by atoms with Crippen LogP contribution in [0.5, 0.6) is 0 Å². The molecule has 3 heterocycles. The lowest BCUT2D eigenvalue weighted by molar-refractivity contribution is 0.339. The Bertz CT molecular complexity index is 1010. The molecule has 1 aliphatic heterocycles. The molecule has 26 heavy (non-hydrogen) atoms. The molecule has 1 aromatic carbocycles. The second-order valence-electron chi connectivity index (χ2n) is 6.03. The van der Waals surface area contributed by atoms with E-state index in [9.17, 15) is 5.26 Å². The van der Waals surface area contributed by atoms with Crippen molar-refractivity contribution < 1.29 is 4.52 Å². The number of nitriles is 2. The molecule has 126 valence electrons. The molecule has 0 N–H and O–H groups in total. The highest BCUT2D eigenvalue weighted by molar-refractivity contribution is 5.66. The maximum atomic E-state index is 9.18. The van der Waals surface area contributed by atoms with Gasteiger partial charge in [-0.05, 0) is 37.1 Å². The van der Waals surface area contributed by atoms with Crippen LogP contribution in [0.25, 0.3) is 22.7 Å². The Labute approximate surface area is 150 Å². The maximum absolute atomic E-state index is 9.18. The number of likely N-dealkylation sites (tertiary alicyclic amines) is 1. The standard InChI is InChI=1S/C19H14N6O/c20-11-13-3-5-14(6-4-13)16-10-15(7-8-22-16)19-23-18(24-26-19)17-2-1-9-25(17)12-21/h3-8,10,17H,1-2,9H2. The van der Waals surface area contributed by atoms with Crippen molar-refractivity contribution in [1.82, 2.24) is 20.0 Å². The van der Waals surface area contributed by atoms with Crippen LogP contribution in [0.3, 0.4) is 0 Å². The number of rotatable bonds is 3. The third-order valence-corrected chi connectivity index (χ3v) is 4.44. The summed E-state index contributed by atoms with van der Waals surface area (Å²) in [6, 6.07) is 12.9. The fourth-order valence-electron chi connectivity index (χ4n) is 3.08. The normalized spacial score (nSPS) is 16.2. The summed E-state index contributed by atoms with van der Waals surface area (Å²) in [5.74, 6) is 0.942. The summed E-state index contributed by atoms with van der Waals surface area (Å²) in [7, 11) is 0. The lowest BCUT2D eigenvalue weighted by atomic mass is 10.1. The van der Waals surface area contributed by atoms with Crippen LogP contribution < -0.4 is 0 Å². The quantitative estimate of drug-likeness (QED) is 0.673. The molecular weight excluding hydrogens is 328 g/mol. The van der Waals surface area contributed by atoms with Gasteiger partial charge < -0.3 is 4.52 Å². The average Bonchev–Trinajstić information content (AvgIpc) is 3.37. The van der Waals surface area contributed by atoms with E-state index in [1.807, 2.05) is 18.2 Å². The average molecular weight is 342 g/mol. The van der Waals surface area contributed by atoms with Gasteiger partial charge in [-0.3, -0.25) is 9.88 Å². The van der Waals surface area contributed by atoms with Crippen molar-refractivity contribution in [2.75, 3.05) is 6.54 Å². The van der Waals surface area contributed by atoms with Crippen LogP contribution in [0, 0.1) is 22.8 Å². The Morgan fingerprint density at radius 1 is 1.12 bits per heavy atom. The van der Waals surface area contributed by atoms with Crippen LogP contribution in [0.4, 0.5) is 0 Å². The Morgan fingerprint density at radius 3 is 2.73 bits per heavy atom. The van der Waals surface area contributed by atoms with E-state index in [2.05, 4.69) is 27.4 Å². The topological polar surface area (TPSA) is 103 Å². The van der Waals surface area contributed by atoms with Crippen LogP contribution in [-0.4, -0.2) is 26.6 Å². The monoisotopic (exact) mass is 342 g/mol. The first-order chi connectivity index (χ1) is 12.8. The highest BCUT2D eigenvalue weighted by Gasteiger charge is 2.29. The van der Waals surface area contributed by atoms with Crippen LogP contribution in [0.15, 0.2) is 47.1 Å². The lowest BCUT2D eigenvalue weighted by Crippen LogP contribution is -2.17. The molecule has 0 aliphatic carbocycles. The zero-order valence-electron chi connectivity index (χ0n) is 13.8. The van der Waals surface area contributed by atoms with E-state index in [4.69, 9.17) is 9.78 Å². The molecule has 4 rings (SSSR count). The van der Waals surface area contributed by atoms with Gasteiger partial charge in [0.25, 0.3) is 5.89 Å².